The van der Waals surface area contributed by atoms with E-state index in [2.05, 4.69) is 46.6 Å². The molecule has 7 aromatic rings. The smallest absolute Gasteiger partial charge is 0.255 e. The van der Waals surface area contributed by atoms with Crippen molar-refractivity contribution >= 4 is 68.9 Å². The monoisotopic (exact) mass is 837 g/mol. The van der Waals surface area contributed by atoms with Crippen LogP contribution in [0.2, 0.25) is 0 Å². The van der Waals surface area contributed by atoms with Crippen molar-refractivity contribution in [1.82, 2.24) is 0 Å². The number of azo groups is 3. The molecule has 0 saturated carbocycles. The summed E-state index contributed by atoms with van der Waals surface area (Å²) in [6.45, 7) is 0. The van der Waals surface area contributed by atoms with Crippen molar-refractivity contribution < 1.29 is 28.6 Å². The fourth-order valence-electron chi connectivity index (χ4n) is 5.76. The molecule has 312 valence electrons. The Morgan fingerprint density at radius 2 is 0.508 bits per heavy atom. The fraction of sp³-hybridized carbons (Fsp3) is 0.0625. The predicted molar refractivity (Wildman–Crippen MR) is 241 cm³/mol. The Hall–Kier alpha value is -8.85. The van der Waals surface area contributed by atoms with Crippen LogP contribution in [0.15, 0.2) is 194 Å². The Morgan fingerprint density at radius 1 is 0.317 bits per heavy atom. The summed E-state index contributed by atoms with van der Waals surface area (Å²) in [6.07, 6.45) is 0. The van der Waals surface area contributed by atoms with Crippen LogP contribution in [0.5, 0.6) is 17.2 Å². The molecule has 0 heterocycles. The summed E-state index contributed by atoms with van der Waals surface area (Å²) in [4.78, 5) is 41.2. The molecule has 7 rings (SSSR count). The van der Waals surface area contributed by atoms with Crippen LogP contribution in [0.1, 0.15) is 31.1 Å². The first-order valence-electron chi connectivity index (χ1n) is 19.3. The van der Waals surface area contributed by atoms with E-state index in [-0.39, 0.29) is 16.7 Å². The topological polar surface area (TPSA) is 189 Å². The first-order valence-corrected chi connectivity index (χ1v) is 19.3. The summed E-state index contributed by atoms with van der Waals surface area (Å²) in [5.41, 5.74) is 5.18. The number of anilines is 3. The maximum Gasteiger partial charge on any atom is 0.255 e. The van der Waals surface area contributed by atoms with Gasteiger partial charge in [0.15, 0.2) is 0 Å². The standard InChI is InChI=1S/C48H39N9O6/c1-61-43-22-16-40(17-23-43)55-52-37-10-4-34(5-11-37)49-46(58)31-28-32(47(59)50-35-6-12-38(13-7-35)53-56-41-18-24-44(62-2)25-19-41)30-33(29-31)48(60)51-36-8-14-39(15-9-36)54-57-42-20-26-45(63-3)27-21-42/h4-30H,1-3H3,(H,49,58)(H,50,59)(H,51,60)/b55-52+,56-53+,57-54+. The molecule has 3 N–H and O–H groups in total. The Morgan fingerprint density at radius 3 is 0.698 bits per heavy atom. The summed E-state index contributed by atoms with van der Waals surface area (Å²) in [7, 11) is 4.76. The number of rotatable bonds is 15. The van der Waals surface area contributed by atoms with Gasteiger partial charge >= 0.3 is 0 Å². The SMILES string of the molecule is COc1ccc(/N=N/c2ccc(NC(=O)c3cc(C(=O)Nc4ccc(/N=N/c5ccc(OC)cc5)cc4)cc(C(=O)Nc4ccc(/N=N/c5ccc(OC)cc5)cc4)c3)cc2)cc1. The lowest BCUT2D eigenvalue weighted by atomic mass is 10.0. The van der Waals surface area contributed by atoms with Gasteiger partial charge < -0.3 is 30.2 Å². The average Bonchev–Trinajstić information content (AvgIpc) is 3.33. The van der Waals surface area contributed by atoms with Gasteiger partial charge in [-0.15, -0.1) is 0 Å². The van der Waals surface area contributed by atoms with E-state index in [0.717, 1.165) is 0 Å². The maximum atomic E-state index is 13.7. The summed E-state index contributed by atoms with van der Waals surface area (Å²) in [5.74, 6) is 0.471. The van der Waals surface area contributed by atoms with Gasteiger partial charge in [0.1, 0.15) is 17.2 Å². The molecule has 15 nitrogen and oxygen atoms in total. The summed E-state index contributed by atoms with van der Waals surface area (Å²) >= 11 is 0. The minimum Gasteiger partial charge on any atom is -0.497 e. The van der Waals surface area contributed by atoms with Gasteiger partial charge in [0.25, 0.3) is 17.7 Å². The van der Waals surface area contributed by atoms with E-state index in [1.54, 1.807) is 167 Å². The normalized spacial score (nSPS) is 11.1. The highest BCUT2D eigenvalue weighted by molar-refractivity contribution is 6.13. The number of methoxy groups -OCH3 is 3. The molecule has 0 unspecified atom stereocenters. The zero-order chi connectivity index (χ0) is 44.0. The van der Waals surface area contributed by atoms with Gasteiger partial charge in [0.05, 0.1) is 55.5 Å². The molecule has 0 fully saturated rings. The van der Waals surface area contributed by atoms with Crippen molar-refractivity contribution in [2.75, 3.05) is 37.3 Å². The first-order chi connectivity index (χ1) is 30.7. The molecular formula is C48H39N9O6. The van der Waals surface area contributed by atoms with Crippen molar-refractivity contribution in [2.24, 2.45) is 30.7 Å². The van der Waals surface area contributed by atoms with Crippen LogP contribution in [0, 0.1) is 0 Å². The minimum absolute atomic E-state index is 0.0691. The molecule has 0 saturated heterocycles. The van der Waals surface area contributed by atoms with Gasteiger partial charge in [-0.2, -0.15) is 30.7 Å². The zero-order valence-corrected chi connectivity index (χ0v) is 34.2. The van der Waals surface area contributed by atoms with E-state index >= 15 is 0 Å². The second-order valence-electron chi connectivity index (χ2n) is 13.5. The van der Waals surface area contributed by atoms with Crippen LogP contribution in [0.4, 0.5) is 51.2 Å². The lowest BCUT2D eigenvalue weighted by Crippen LogP contribution is -2.19. The molecule has 0 spiro atoms. The molecule has 15 heteroatoms. The molecule has 0 radical (unpaired) electrons. The number of nitrogens with one attached hydrogen (secondary N) is 3. The van der Waals surface area contributed by atoms with Crippen LogP contribution >= 0.6 is 0 Å². The van der Waals surface area contributed by atoms with Crippen LogP contribution in [-0.2, 0) is 0 Å². The third-order valence-corrected chi connectivity index (χ3v) is 9.16. The minimum atomic E-state index is -0.551. The van der Waals surface area contributed by atoms with E-state index in [9.17, 15) is 14.4 Å². The second-order valence-corrected chi connectivity index (χ2v) is 13.5. The van der Waals surface area contributed by atoms with Crippen molar-refractivity contribution in [1.29, 1.82) is 0 Å². The number of amides is 3. The molecule has 0 bridgehead atoms. The van der Waals surface area contributed by atoms with Crippen LogP contribution in [0.25, 0.3) is 0 Å². The number of carbonyl (C=O) groups is 3. The number of ether oxygens (including phenoxy) is 3. The third kappa shape index (κ3) is 11.9. The van der Waals surface area contributed by atoms with Gasteiger partial charge in [-0.05, 0) is 164 Å². The quantitative estimate of drug-likeness (QED) is 0.0861. The molecule has 0 aliphatic rings. The molecular weight excluding hydrogens is 799 g/mol. The number of nitrogens with zero attached hydrogens (tertiary/aromatic N) is 6. The lowest BCUT2D eigenvalue weighted by Gasteiger charge is -2.12. The van der Waals surface area contributed by atoms with Gasteiger partial charge in [-0.3, -0.25) is 14.4 Å². The maximum absolute atomic E-state index is 13.7. The van der Waals surface area contributed by atoms with Gasteiger partial charge in [-0.1, -0.05) is 0 Å². The number of carbonyl (C=O) groups excluding carboxylic acids is 3. The van der Waals surface area contributed by atoms with Gasteiger partial charge in [0, 0.05) is 33.8 Å². The number of hydrogen-bond donors (Lipinski definition) is 3. The molecule has 0 aromatic heterocycles. The summed E-state index contributed by atoms with van der Waals surface area (Å²) < 4.78 is 15.5. The van der Waals surface area contributed by atoms with Crippen LogP contribution < -0.4 is 30.2 Å². The zero-order valence-electron chi connectivity index (χ0n) is 34.2. The third-order valence-electron chi connectivity index (χ3n) is 9.16. The molecule has 3 amide bonds. The van der Waals surface area contributed by atoms with E-state index in [0.29, 0.717) is 68.4 Å². The molecule has 0 atom stereocenters. The van der Waals surface area contributed by atoms with Crippen LogP contribution in [-0.4, -0.2) is 39.1 Å². The fourth-order valence-corrected chi connectivity index (χ4v) is 5.76. The number of benzene rings is 7. The predicted octanol–water partition coefficient (Wildman–Crippen LogP) is 12.7. The highest BCUT2D eigenvalue weighted by atomic mass is 16.5. The van der Waals surface area contributed by atoms with Crippen molar-refractivity contribution in [3.8, 4) is 17.2 Å². The van der Waals surface area contributed by atoms with E-state index in [1.807, 2.05) is 0 Å². The molecule has 7 aromatic carbocycles. The average molecular weight is 838 g/mol. The Labute approximate surface area is 362 Å². The second kappa shape index (κ2) is 20.4. The Kier molecular flexibility index (Phi) is 13.7. The largest absolute Gasteiger partial charge is 0.497 e. The highest BCUT2D eigenvalue weighted by Gasteiger charge is 2.18. The Balaban J connectivity index is 1.07. The Bertz CT molecular complexity index is 2460. The van der Waals surface area contributed by atoms with Crippen molar-refractivity contribution in [3.63, 3.8) is 0 Å². The van der Waals surface area contributed by atoms with Crippen molar-refractivity contribution in [3.05, 3.63) is 180 Å². The molecule has 0 aliphatic carbocycles. The van der Waals surface area contributed by atoms with E-state index in [1.165, 1.54) is 18.2 Å². The van der Waals surface area contributed by atoms with E-state index < -0.39 is 17.7 Å². The summed E-state index contributed by atoms with van der Waals surface area (Å²) in [5, 5.41) is 34.0. The van der Waals surface area contributed by atoms with E-state index in [4.69, 9.17) is 14.2 Å². The van der Waals surface area contributed by atoms with Crippen LogP contribution in [0.3, 0.4) is 0 Å². The van der Waals surface area contributed by atoms with Gasteiger partial charge in [-0.25, -0.2) is 0 Å². The first kappa shape index (κ1) is 42.3. The number of hydrogen-bond acceptors (Lipinski definition) is 12. The highest BCUT2D eigenvalue weighted by Crippen LogP contribution is 2.27. The van der Waals surface area contributed by atoms with Crippen molar-refractivity contribution in [2.45, 2.75) is 0 Å². The molecule has 0 aliphatic heterocycles. The lowest BCUT2D eigenvalue weighted by molar-refractivity contribution is 0.102. The molecule has 63 heavy (non-hydrogen) atoms. The van der Waals surface area contributed by atoms with Gasteiger partial charge in [0.2, 0.25) is 0 Å². The summed E-state index contributed by atoms with van der Waals surface area (Å²) in [6, 6.07) is 45.9.